The van der Waals surface area contributed by atoms with Gasteiger partial charge in [0.15, 0.2) is 0 Å². The van der Waals surface area contributed by atoms with Gasteiger partial charge in [-0.3, -0.25) is 0 Å². The maximum atomic E-state index is 4.99. The smallest absolute Gasteiger partial charge is 0.109 e. The standard InChI is InChI=1S/C22H18NS/c1-2-22(17-11-5-3-6-12-17,18-13-7-4-8-14-18)21-23-19-15-9-10-16-20(19)24-21/h3-16H,1-2H2. The number of para-hydroxylation sites is 1. The zero-order chi connectivity index (χ0) is 16.4. The first-order valence-electron chi connectivity index (χ1n) is 8.11. The van der Waals surface area contributed by atoms with Crippen LogP contribution in [0.25, 0.3) is 10.2 Å². The molecule has 0 N–H and O–H groups in total. The Hall–Kier alpha value is -2.45. The predicted molar refractivity (Wildman–Crippen MR) is 102 cm³/mol. The average molecular weight is 328 g/mol. The van der Waals surface area contributed by atoms with Crippen molar-refractivity contribution in [3.8, 4) is 0 Å². The van der Waals surface area contributed by atoms with Gasteiger partial charge >= 0.3 is 0 Å². The molecule has 1 radical (unpaired) electrons. The van der Waals surface area contributed by atoms with Crippen molar-refractivity contribution < 1.29 is 0 Å². The van der Waals surface area contributed by atoms with Crippen LogP contribution in [0.5, 0.6) is 0 Å². The van der Waals surface area contributed by atoms with Gasteiger partial charge in [-0.1, -0.05) is 79.7 Å². The summed E-state index contributed by atoms with van der Waals surface area (Å²) in [5.74, 6) is 0. The summed E-state index contributed by atoms with van der Waals surface area (Å²) >= 11 is 1.77. The molecule has 0 saturated heterocycles. The van der Waals surface area contributed by atoms with E-state index in [0.717, 1.165) is 16.9 Å². The van der Waals surface area contributed by atoms with E-state index in [2.05, 4.69) is 85.8 Å². The molecule has 3 aromatic carbocycles. The molecular weight excluding hydrogens is 310 g/mol. The van der Waals surface area contributed by atoms with E-state index in [0.29, 0.717) is 0 Å². The first kappa shape index (κ1) is 15.1. The third-order valence-corrected chi connectivity index (χ3v) is 5.77. The van der Waals surface area contributed by atoms with Gasteiger partial charge in [-0.25, -0.2) is 4.98 Å². The molecule has 0 atom stereocenters. The lowest BCUT2D eigenvalue weighted by Crippen LogP contribution is -2.28. The fourth-order valence-electron chi connectivity index (χ4n) is 3.31. The molecule has 4 rings (SSSR count). The summed E-state index contributed by atoms with van der Waals surface area (Å²) < 4.78 is 1.22. The number of aromatic nitrogens is 1. The minimum absolute atomic E-state index is 0.313. The van der Waals surface area contributed by atoms with E-state index in [1.807, 2.05) is 6.07 Å². The Morgan fingerprint density at radius 2 is 1.29 bits per heavy atom. The van der Waals surface area contributed by atoms with Gasteiger partial charge in [-0.2, -0.15) is 0 Å². The number of hydrogen-bond donors (Lipinski definition) is 0. The second kappa shape index (κ2) is 6.21. The average Bonchev–Trinajstić information content (AvgIpc) is 3.09. The first-order chi connectivity index (χ1) is 11.8. The van der Waals surface area contributed by atoms with Gasteiger partial charge in [-0.15, -0.1) is 11.3 Å². The van der Waals surface area contributed by atoms with Crippen LogP contribution >= 0.6 is 11.3 Å². The van der Waals surface area contributed by atoms with Gasteiger partial charge in [0, 0.05) is 0 Å². The lowest BCUT2D eigenvalue weighted by atomic mass is 9.73. The Morgan fingerprint density at radius 3 is 1.83 bits per heavy atom. The predicted octanol–water partition coefficient (Wildman–Crippen LogP) is 5.85. The maximum Gasteiger partial charge on any atom is 0.109 e. The lowest BCUT2D eigenvalue weighted by Gasteiger charge is -2.32. The molecule has 0 bridgehead atoms. The molecule has 1 heterocycles. The lowest BCUT2D eigenvalue weighted by molar-refractivity contribution is 0.622. The van der Waals surface area contributed by atoms with E-state index in [9.17, 15) is 0 Å². The maximum absolute atomic E-state index is 4.99. The van der Waals surface area contributed by atoms with Crippen molar-refractivity contribution in [1.29, 1.82) is 0 Å². The third kappa shape index (κ3) is 2.35. The highest BCUT2D eigenvalue weighted by atomic mass is 32.1. The van der Waals surface area contributed by atoms with Crippen LogP contribution in [-0.2, 0) is 5.41 Å². The fourth-order valence-corrected chi connectivity index (χ4v) is 4.54. The second-order valence-electron chi connectivity index (χ2n) is 5.87. The number of fused-ring (bicyclic) bond motifs is 1. The molecule has 117 valence electrons. The van der Waals surface area contributed by atoms with Crippen LogP contribution in [0, 0.1) is 6.92 Å². The Balaban J connectivity index is 2.03. The molecule has 0 aliphatic heterocycles. The highest BCUT2D eigenvalue weighted by Gasteiger charge is 2.37. The minimum Gasteiger partial charge on any atom is -0.240 e. The normalized spacial score (nSPS) is 11.7. The van der Waals surface area contributed by atoms with Crippen molar-refractivity contribution in [2.24, 2.45) is 0 Å². The zero-order valence-corrected chi connectivity index (χ0v) is 14.2. The molecule has 24 heavy (non-hydrogen) atoms. The van der Waals surface area contributed by atoms with E-state index >= 15 is 0 Å². The molecule has 0 unspecified atom stereocenters. The van der Waals surface area contributed by atoms with Crippen LogP contribution in [0.2, 0.25) is 0 Å². The van der Waals surface area contributed by atoms with E-state index in [-0.39, 0.29) is 5.41 Å². The van der Waals surface area contributed by atoms with Crippen molar-refractivity contribution in [3.63, 3.8) is 0 Å². The Labute approximate surface area is 146 Å². The number of benzene rings is 3. The fraction of sp³-hybridized carbons (Fsp3) is 0.0909. The minimum atomic E-state index is -0.313. The second-order valence-corrected chi connectivity index (χ2v) is 6.90. The SMILES string of the molecule is [CH2]CC(c1ccccc1)(c1ccccc1)c1nc2ccccc2s1. The first-order valence-corrected chi connectivity index (χ1v) is 8.92. The largest absolute Gasteiger partial charge is 0.240 e. The van der Waals surface area contributed by atoms with E-state index in [4.69, 9.17) is 4.98 Å². The van der Waals surface area contributed by atoms with E-state index in [1.165, 1.54) is 15.8 Å². The van der Waals surface area contributed by atoms with Crippen LogP contribution in [0.4, 0.5) is 0 Å². The molecule has 4 aromatic rings. The summed E-state index contributed by atoms with van der Waals surface area (Å²) in [5, 5.41) is 1.11. The van der Waals surface area contributed by atoms with Gasteiger partial charge in [0.25, 0.3) is 0 Å². The molecule has 1 nitrogen and oxygen atoms in total. The summed E-state index contributed by atoms with van der Waals surface area (Å²) in [6.45, 7) is 4.32. The molecule has 2 heteroatoms. The van der Waals surface area contributed by atoms with Crippen molar-refractivity contribution in [2.75, 3.05) is 0 Å². The summed E-state index contributed by atoms with van der Waals surface area (Å²) in [4.78, 5) is 4.99. The molecule has 0 aliphatic carbocycles. The summed E-state index contributed by atoms with van der Waals surface area (Å²) in [7, 11) is 0. The zero-order valence-electron chi connectivity index (χ0n) is 13.4. The van der Waals surface area contributed by atoms with Crippen molar-refractivity contribution in [2.45, 2.75) is 11.8 Å². The summed E-state index contributed by atoms with van der Waals surface area (Å²) in [6, 6.07) is 29.6. The Kier molecular flexibility index (Phi) is 3.91. The number of hydrogen-bond acceptors (Lipinski definition) is 2. The monoisotopic (exact) mass is 328 g/mol. The molecule has 0 spiro atoms. The molecule has 0 amide bonds. The van der Waals surface area contributed by atoms with Crippen molar-refractivity contribution >= 4 is 21.6 Å². The third-order valence-electron chi connectivity index (χ3n) is 4.57. The van der Waals surface area contributed by atoms with Crippen molar-refractivity contribution in [3.05, 3.63) is 108 Å². The van der Waals surface area contributed by atoms with E-state index in [1.54, 1.807) is 11.3 Å². The van der Waals surface area contributed by atoms with Crippen LogP contribution in [0.3, 0.4) is 0 Å². The van der Waals surface area contributed by atoms with Gasteiger partial charge in [0.2, 0.25) is 0 Å². The number of thiazole rings is 1. The van der Waals surface area contributed by atoms with Crippen LogP contribution in [0.1, 0.15) is 22.6 Å². The molecule has 0 fully saturated rings. The van der Waals surface area contributed by atoms with Gasteiger partial charge < -0.3 is 0 Å². The van der Waals surface area contributed by atoms with Gasteiger partial charge in [-0.05, 0) is 29.7 Å². The van der Waals surface area contributed by atoms with Gasteiger partial charge in [0.05, 0.1) is 15.6 Å². The van der Waals surface area contributed by atoms with E-state index < -0.39 is 0 Å². The van der Waals surface area contributed by atoms with Crippen molar-refractivity contribution in [1.82, 2.24) is 4.98 Å². The molecule has 1 aromatic heterocycles. The molecular formula is C22H18NS. The number of nitrogens with zero attached hydrogens (tertiary/aromatic N) is 1. The molecule has 0 aliphatic rings. The summed E-state index contributed by atoms with van der Waals surface area (Å²) in [5.41, 5.74) is 3.23. The quantitative estimate of drug-likeness (QED) is 0.457. The topological polar surface area (TPSA) is 12.9 Å². The van der Waals surface area contributed by atoms with Crippen LogP contribution < -0.4 is 0 Å². The Morgan fingerprint density at radius 1 is 0.750 bits per heavy atom. The highest BCUT2D eigenvalue weighted by Crippen LogP contribution is 2.44. The summed E-state index contributed by atoms with van der Waals surface area (Å²) in [6.07, 6.45) is 0.723. The number of rotatable bonds is 4. The van der Waals surface area contributed by atoms with Gasteiger partial charge in [0.1, 0.15) is 5.01 Å². The van der Waals surface area contributed by atoms with Crippen LogP contribution in [0.15, 0.2) is 84.9 Å². The van der Waals surface area contributed by atoms with Crippen LogP contribution in [-0.4, -0.2) is 4.98 Å². The highest BCUT2D eigenvalue weighted by molar-refractivity contribution is 7.18. The molecule has 0 saturated carbocycles. The Bertz CT molecular complexity index is 869.